The predicted octanol–water partition coefficient (Wildman–Crippen LogP) is 10.1. The van der Waals surface area contributed by atoms with Crippen molar-refractivity contribution in [3.63, 3.8) is 0 Å². The molecule has 6 aromatic carbocycles. The van der Waals surface area contributed by atoms with Crippen LogP contribution in [0.3, 0.4) is 0 Å². The Morgan fingerprint density at radius 2 is 1.02 bits per heavy atom. The summed E-state index contributed by atoms with van der Waals surface area (Å²) < 4.78 is 88.0. The van der Waals surface area contributed by atoms with Gasteiger partial charge in [0.15, 0.2) is 30.2 Å². The first-order valence-corrected chi connectivity index (χ1v) is 39.1. The summed E-state index contributed by atoms with van der Waals surface area (Å²) in [5.41, 5.74) is 8.75. The zero-order valence-electron chi connectivity index (χ0n) is 68.8. The van der Waals surface area contributed by atoms with Crippen molar-refractivity contribution in [3.8, 4) is 22.6 Å². The van der Waals surface area contributed by atoms with Gasteiger partial charge in [0.25, 0.3) is 0 Å². The van der Waals surface area contributed by atoms with Crippen LogP contribution < -0.4 is 25.4 Å². The van der Waals surface area contributed by atoms with E-state index in [-0.39, 0.29) is 60.7 Å². The van der Waals surface area contributed by atoms with Gasteiger partial charge in [0.2, 0.25) is 30.7 Å². The van der Waals surface area contributed by atoms with Gasteiger partial charge >= 0.3 is 65.9 Å². The number of ether oxygens (including phenoxy) is 15. The third kappa shape index (κ3) is 23.3. The van der Waals surface area contributed by atoms with E-state index in [2.05, 4.69) is 27.4 Å². The number of aryl methyl sites for hydroxylation is 1. The summed E-state index contributed by atoms with van der Waals surface area (Å²) in [4.78, 5) is 164. The number of hydrogen-bond donors (Lipinski definition) is 3. The Bertz CT molecular complexity index is 5140. The minimum atomic E-state index is -1.67. The second-order valence-corrected chi connectivity index (χ2v) is 29.8. The molecule has 1 aliphatic carbocycles. The van der Waals surface area contributed by atoms with Gasteiger partial charge in [-0.1, -0.05) is 98.3 Å². The number of benzene rings is 6. The summed E-state index contributed by atoms with van der Waals surface area (Å²) in [6.07, 6.45) is -14.6. The van der Waals surface area contributed by atoms with E-state index in [4.69, 9.17) is 81.0 Å². The van der Waals surface area contributed by atoms with Crippen LogP contribution in [0.15, 0.2) is 133 Å². The van der Waals surface area contributed by atoms with Crippen molar-refractivity contribution in [2.45, 2.75) is 182 Å². The van der Waals surface area contributed by atoms with Crippen LogP contribution >= 0.6 is 0 Å². The predicted molar refractivity (Wildman–Crippen MR) is 428 cm³/mol. The number of methoxy groups -OCH3 is 1. The maximum atomic E-state index is 14.2. The van der Waals surface area contributed by atoms with Gasteiger partial charge in [-0.25, -0.2) is 24.4 Å². The topological polar surface area (TPSA) is 410 Å². The first kappa shape index (κ1) is 88.7. The van der Waals surface area contributed by atoms with Gasteiger partial charge in [0, 0.05) is 104 Å². The first-order valence-electron chi connectivity index (χ1n) is 39.1. The molecule has 0 spiro atoms. The van der Waals surface area contributed by atoms with Gasteiger partial charge in [-0.2, -0.15) is 0 Å². The maximum Gasteiger partial charge on any atom is 0.413 e. The summed E-state index contributed by atoms with van der Waals surface area (Å²) in [7, 11) is 5.29. The molecule has 8 aromatic rings. The lowest BCUT2D eigenvalue weighted by atomic mass is 9.98. The number of imidazole rings is 1. The number of quaternary nitrogens is 1. The Balaban J connectivity index is 0.812. The summed E-state index contributed by atoms with van der Waals surface area (Å²) in [6.45, 7) is 10.7. The molecule has 3 amide bonds. The molecule has 2 fully saturated rings. The zero-order chi connectivity index (χ0) is 86.9. The van der Waals surface area contributed by atoms with Crippen LogP contribution in [0.1, 0.15) is 137 Å². The zero-order valence-corrected chi connectivity index (χ0v) is 68.8. The number of anilines is 2. The van der Waals surface area contributed by atoms with E-state index in [0.717, 1.165) is 102 Å². The molecule has 34 heteroatoms. The van der Waals surface area contributed by atoms with E-state index in [1.54, 1.807) is 48.5 Å². The molecule has 0 bridgehead atoms. The molecule has 3 N–H and O–H groups in total. The molecule has 34 nitrogen and oxygen atoms in total. The van der Waals surface area contributed by atoms with Crippen molar-refractivity contribution in [1.29, 1.82) is 0 Å². The molecule has 4 heterocycles. The largest absolute Gasteiger partial charge is 0.465 e. The van der Waals surface area contributed by atoms with Gasteiger partial charge in [-0.15, -0.1) is 0 Å². The van der Waals surface area contributed by atoms with Crippen molar-refractivity contribution >= 4 is 105 Å². The summed E-state index contributed by atoms with van der Waals surface area (Å²) in [6, 6.07) is 40.0. The second-order valence-electron chi connectivity index (χ2n) is 29.8. The van der Waals surface area contributed by atoms with Crippen LogP contribution in [0.2, 0.25) is 0 Å². The number of carbonyl (C=O) groups is 12. The third-order valence-electron chi connectivity index (χ3n) is 19.7. The minimum absolute atomic E-state index is 0.0242. The van der Waals surface area contributed by atoms with Crippen LogP contribution in [-0.4, -0.2) is 200 Å². The quantitative estimate of drug-likeness (QED) is 0.0195. The highest BCUT2D eigenvalue weighted by Crippen LogP contribution is 2.45. The number of nitrogens with one attached hydrogen (secondary N) is 3. The van der Waals surface area contributed by atoms with E-state index in [0.29, 0.717) is 69.4 Å². The Morgan fingerprint density at radius 3 is 1.58 bits per heavy atom. The van der Waals surface area contributed by atoms with Crippen LogP contribution in [0, 0.1) is 0 Å². The molecule has 121 heavy (non-hydrogen) atoms. The van der Waals surface area contributed by atoms with Gasteiger partial charge in [0.05, 0.1) is 43.5 Å². The SMILES string of the molecule is CCCCc1nc2c(NC(=O)OCc3ccc(O[C@H]4O[C@H](COC(C)=O)[C@@H](OC(C)=O)[C@H](OC(C)=O)[C@@H]4OC(C)=O)cc3)nc3cc(C(=O)OC)ccc3c2n1Cc1ccc(C[N+](C)(C)Cc2ccc(O[C@H]3O[C@H](COC(C)=O)[C@@H](OC(C)=O)[C@H](OC(C)=O)[C@@H]3OC(C)=O)c(NC(=O)CCNC(=O)OCC3c4ccccc4-c4ccccc43)c2)cc1. The fraction of sp³-hybridized carbons (Fsp3) is 0.402. The fourth-order valence-corrected chi connectivity index (χ4v) is 14.7. The molecule has 0 radical (unpaired) electrons. The van der Waals surface area contributed by atoms with E-state index < -0.39 is 146 Å². The number of unbranched alkanes of at least 4 members (excludes halogenated alkanes) is 1. The number of alkyl carbamates (subject to hydrolysis) is 1. The lowest BCUT2D eigenvalue weighted by molar-refractivity contribution is -0.916. The van der Waals surface area contributed by atoms with Crippen LogP contribution in [-0.2, 0) is 137 Å². The Hall–Kier alpha value is -13.1. The third-order valence-corrected chi connectivity index (χ3v) is 19.7. The van der Waals surface area contributed by atoms with E-state index in [9.17, 15) is 57.5 Å². The number of rotatable bonds is 33. The highest BCUT2D eigenvalue weighted by molar-refractivity contribution is 6.10. The molecule has 0 unspecified atom stereocenters. The molecule has 3 aliphatic rings. The number of aromatic nitrogens is 3. The van der Waals surface area contributed by atoms with Crippen molar-refractivity contribution in [2.75, 3.05) is 58.2 Å². The van der Waals surface area contributed by atoms with E-state index >= 15 is 0 Å². The highest BCUT2D eigenvalue weighted by Gasteiger charge is 2.55. The molecule has 640 valence electrons. The fourth-order valence-electron chi connectivity index (χ4n) is 14.7. The first-order chi connectivity index (χ1) is 57.8. The number of esters is 9. The van der Waals surface area contributed by atoms with E-state index in [1.807, 2.05) is 86.9 Å². The lowest BCUT2D eigenvalue weighted by Gasteiger charge is -2.44. The van der Waals surface area contributed by atoms with Crippen LogP contribution in [0.25, 0.3) is 33.1 Å². The molecule has 0 saturated carbocycles. The monoisotopic (exact) mass is 1670 g/mol. The summed E-state index contributed by atoms with van der Waals surface area (Å²) >= 11 is 0. The van der Waals surface area contributed by atoms with Crippen molar-refractivity contribution in [2.24, 2.45) is 0 Å². The van der Waals surface area contributed by atoms with Gasteiger partial charge < -0.3 is 90.7 Å². The molecule has 11 rings (SSSR count). The van der Waals surface area contributed by atoms with Crippen molar-refractivity contribution < 1.29 is 133 Å². The summed E-state index contributed by atoms with van der Waals surface area (Å²) in [5, 5.41) is 9.00. The van der Waals surface area contributed by atoms with E-state index in [1.165, 1.54) is 19.2 Å². The number of nitrogens with zero attached hydrogens (tertiary/aromatic N) is 4. The average Bonchev–Trinajstić information content (AvgIpc) is 1.59. The molecular weight excluding hydrogens is 1570 g/mol. The van der Waals surface area contributed by atoms with Gasteiger partial charge in [-0.05, 0) is 88.3 Å². The average molecular weight is 1670 g/mol. The van der Waals surface area contributed by atoms with Crippen LogP contribution in [0.4, 0.5) is 21.1 Å². The lowest BCUT2D eigenvalue weighted by Crippen LogP contribution is -2.63. The molecule has 10 atom stereocenters. The second kappa shape index (κ2) is 40.1. The Labute approximate surface area is 695 Å². The maximum absolute atomic E-state index is 14.2. The molecular formula is C87H96N7O27+. The Kier molecular flexibility index (Phi) is 29.4. The molecule has 2 aliphatic heterocycles. The number of pyridine rings is 1. The number of fused-ring (bicyclic) bond motifs is 6. The van der Waals surface area contributed by atoms with Crippen molar-refractivity contribution in [3.05, 3.63) is 178 Å². The Morgan fingerprint density at radius 1 is 0.504 bits per heavy atom. The van der Waals surface area contributed by atoms with Crippen molar-refractivity contribution in [1.82, 2.24) is 19.9 Å². The van der Waals surface area contributed by atoms with Gasteiger partial charge in [-0.3, -0.25) is 48.5 Å². The minimum Gasteiger partial charge on any atom is -0.465 e. The molecule has 2 aromatic heterocycles. The molecule has 2 saturated heterocycles. The number of amides is 3. The van der Waals surface area contributed by atoms with Crippen LogP contribution in [0.5, 0.6) is 11.5 Å². The normalized spacial score (nSPS) is 19.1. The number of carbonyl (C=O) groups excluding carboxylic acids is 12. The highest BCUT2D eigenvalue weighted by atomic mass is 16.8. The van der Waals surface area contributed by atoms with Gasteiger partial charge in [0.1, 0.15) is 74.6 Å². The summed E-state index contributed by atoms with van der Waals surface area (Å²) in [5.74, 6) is -6.94. The number of hydrogen-bond acceptors (Lipinski definition) is 29. The smallest absolute Gasteiger partial charge is 0.413 e. The standard InChI is InChI=1S/C87H95N7O27/c1-13-14-23-72-91-74-75(65-34-31-59(83(104)107-12)39-67(65)90-82(74)92-87(106)110-43-57-28-32-60(33-29-57)118-84-80(116-53(8)101)78(114-51(6)99)76(112-49(4)97)70(120-84)45-108-47(2)95)93(72)40-55-24-26-56(27-25-55)41-94(10,11)42-58-30-35-69(119-85-81(117-54(9)102)79(115-52(7)100)77(113-50(5)98)71(121-85)46-109-48(3)96)68(38-58)89-73(103)36-37-88-86(105)111-44-66-63-21-17-15-19-61(63)62-20-16-18-22-64(62)66/h15-22,24-35,38-39,66,70-71,76-81,84-85H,13-14,23,36-37,40-46H2,1-12H3,(H2-,88,89,90,92,103,105,106)/p+1/t70-,71-,76-,77-,78+,79+,80+,81+,84+,85+/m1/s1.